The summed E-state index contributed by atoms with van der Waals surface area (Å²) in [6.07, 6.45) is -2.94. The van der Waals surface area contributed by atoms with Crippen molar-refractivity contribution in [2.24, 2.45) is 0 Å². The van der Waals surface area contributed by atoms with Crippen LogP contribution in [0.3, 0.4) is 0 Å². The fourth-order valence-corrected chi connectivity index (χ4v) is 1.63. The van der Waals surface area contributed by atoms with Crippen molar-refractivity contribution in [3.8, 4) is 11.7 Å². The molecule has 0 spiro atoms. The van der Waals surface area contributed by atoms with Gasteiger partial charge in [-0.1, -0.05) is 5.16 Å². The molecule has 0 aliphatic heterocycles. The third-order valence-electron chi connectivity index (χ3n) is 2.38. The van der Waals surface area contributed by atoms with Crippen molar-refractivity contribution in [1.29, 1.82) is 0 Å². The van der Waals surface area contributed by atoms with Crippen LogP contribution in [-0.4, -0.2) is 46.0 Å². The van der Waals surface area contributed by atoms with E-state index in [1.807, 2.05) is 0 Å². The number of aliphatic hydroxyl groups excluding tert-OH is 1. The minimum absolute atomic E-state index is 0.0918. The Morgan fingerprint density at radius 3 is 2.75 bits per heavy atom. The molecule has 0 saturated heterocycles. The average molecular weight is 291 g/mol. The maximum absolute atomic E-state index is 12.4. The summed E-state index contributed by atoms with van der Waals surface area (Å²) in [6.45, 7) is -1.86. The first kappa shape index (κ1) is 14.5. The molecular formula is C11H12F3N3O3. The first-order valence-corrected chi connectivity index (χ1v) is 5.74. The summed E-state index contributed by atoms with van der Waals surface area (Å²) in [5, 5.41) is 12.4. The molecule has 110 valence electrons. The molecule has 0 saturated carbocycles. The van der Waals surface area contributed by atoms with Gasteiger partial charge in [-0.3, -0.25) is 4.90 Å². The number of hydrogen-bond acceptors (Lipinski definition) is 6. The predicted octanol–water partition coefficient (Wildman–Crippen LogP) is 1.69. The van der Waals surface area contributed by atoms with Gasteiger partial charge < -0.3 is 14.0 Å². The molecule has 0 aliphatic rings. The van der Waals surface area contributed by atoms with Crippen molar-refractivity contribution in [3.05, 3.63) is 24.2 Å². The van der Waals surface area contributed by atoms with Gasteiger partial charge in [0, 0.05) is 6.54 Å². The predicted molar refractivity (Wildman–Crippen MR) is 60.4 cm³/mol. The van der Waals surface area contributed by atoms with Crippen LogP contribution in [-0.2, 0) is 6.54 Å². The van der Waals surface area contributed by atoms with E-state index in [0.717, 1.165) is 4.90 Å². The Morgan fingerprint density at radius 2 is 2.15 bits per heavy atom. The average Bonchev–Trinajstić information content (AvgIpc) is 2.96. The Morgan fingerprint density at radius 1 is 1.35 bits per heavy atom. The quantitative estimate of drug-likeness (QED) is 0.872. The van der Waals surface area contributed by atoms with E-state index in [-0.39, 0.29) is 31.4 Å². The molecule has 0 amide bonds. The van der Waals surface area contributed by atoms with Crippen LogP contribution >= 0.6 is 0 Å². The van der Waals surface area contributed by atoms with Gasteiger partial charge in [0.1, 0.15) is 0 Å². The van der Waals surface area contributed by atoms with Gasteiger partial charge in [0.2, 0.25) is 0 Å². The number of halogens is 3. The zero-order valence-electron chi connectivity index (χ0n) is 10.3. The molecule has 0 radical (unpaired) electrons. The van der Waals surface area contributed by atoms with Crippen LogP contribution in [0.15, 0.2) is 27.3 Å². The lowest BCUT2D eigenvalue weighted by Crippen LogP contribution is -2.36. The summed E-state index contributed by atoms with van der Waals surface area (Å²) in [5.74, 6) is 0.531. The number of aliphatic hydroxyl groups is 1. The zero-order chi connectivity index (χ0) is 14.6. The van der Waals surface area contributed by atoms with Crippen molar-refractivity contribution in [2.75, 3.05) is 19.7 Å². The summed E-state index contributed by atoms with van der Waals surface area (Å²) in [7, 11) is 0. The monoisotopic (exact) mass is 291 g/mol. The van der Waals surface area contributed by atoms with E-state index in [0.29, 0.717) is 5.76 Å². The number of furan rings is 1. The Balaban J connectivity index is 2.03. The second-order valence-corrected chi connectivity index (χ2v) is 4.04. The van der Waals surface area contributed by atoms with E-state index >= 15 is 0 Å². The van der Waals surface area contributed by atoms with Crippen molar-refractivity contribution in [3.63, 3.8) is 0 Å². The molecular weight excluding hydrogens is 279 g/mol. The van der Waals surface area contributed by atoms with E-state index in [4.69, 9.17) is 14.0 Å². The van der Waals surface area contributed by atoms with Gasteiger partial charge in [0.05, 0.1) is 26.0 Å². The molecule has 6 nitrogen and oxygen atoms in total. The maximum atomic E-state index is 12.4. The molecule has 2 heterocycles. The van der Waals surface area contributed by atoms with E-state index in [9.17, 15) is 13.2 Å². The second-order valence-electron chi connectivity index (χ2n) is 4.04. The number of rotatable bonds is 6. The lowest BCUT2D eigenvalue weighted by Gasteiger charge is -2.20. The van der Waals surface area contributed by atoms with Gasteiger partial charge in [-0.05, 0) is 12.1 Å². The van der Waals surface area contributed by atoms with Gasteiger partial charge in [-0.25, -0.2) is 0 Å². The van der Waals surface area contributed by atoms with Gasteiger partial charge >= 0.3 is 6.18 Å². The highest BCUT2D eigenvalue weighted by Gasteiger charge is 2.31. The minimum atomic E-state index is -4.36. The normalized spacial score (nSPS) is 12.2. The fourth-order valence-electron chi connectivity index (χ4n) is 1.63. The number of aromatic nitrogens is 2. The Hall–Kier alpha value is -1.87. The van der Waals surface area contributed by atoms with Crippen LogP contribution in [0.1, 0.15) is 5.82 Å². The fraction of sp³-hybridized carbons (Fsp3) is 0.455. The topological polar surface area (TPSA) is 75.5 Å². The van der Waals surface area contributed by atoms with Crippen LogP contribution < -0.4 is 0 Å². The first-order chi connectivity index (χ1) is 9.48. The van der Waals surface area contributed by atoms with Crippen LogP contribution in [0.4, 0.5) is 13.2 Å². The third-order valence-corrected chi connectivity index (χ3v) is 2.38. The van der Waals surface area contributed by atoms with Crippen molar-refractivity contribution >= 4 is 0 Å². The molecule has 0 aliphatic carbocycles. The molecule has 2 aromatic heterocycles. The number of alkyl halides is 3. The molecule has 9 heteroatoms. The third kappa shape index (κ3) is 4.07. The maximum Gasteiger partial charge on any atom is 0.401 e. The Labute approximate surface area is 111 Å². The molecule has 2 rings (SSSR count). The molecule has 0 atom stereocenters. The summed E-state index contributed by atoms with van der Waals surface area (Å²) in [6, 6.07) is 3.22. The largest absolute Gasteiger partial charge is 0.459 e. The lowest BCUT2D eigenvalue weighted by molar-refractivity contribution is -0.148. The zero-order valence-corrected chi connectivity index (χ0v) is 10.3. The van der Waals surface area contributed by atoms with Gasteiger partial charge in [-0.2, -0.15) is 18.2 Å². The summed E-state index contributed by atoms with van der Waals surface area (Å²) >= 11 is 0. The first-order valence-electron chi connectivity index (χ1n) is 5.74. The van der Waals surface area contributed by atoms with E-state index in [2.05, 4.69) is 10.1 Å². The number of nitrogens with zero attached hydrogens (tertiary/aromatic N) is 3. The van der Waals surface area contributed by atoms with Crippen molar-refractivity contribution in [1.82, 2.24) is 15.0 Å². The van der Waals surface area contributed by atoms with Crippen LogP contribution in [0.2, 0.25) is 0 Å². The molecule has 0 bridgehead atoms. The minimum Gasteiger partial charge on any atom is -0.459 e. The molecule has 20 heavy (non-hydrogen) atoms. The van der Waals surface area contributed by atoms with Crippen molar-refractivity contribution in [2.45, 2.75) is 12.7 Å². The standard InChI is InChI=1S/C11H12F3N3O3/c12-11(13,14)7-17(3-4-18)6-9-15-10(20-16-9)8-2-1-5-19-8/h1-2,5,18H,3-4,6-7H2. The Bertz CT molecular complexity index is 525. The van der Waals surface area contributed by atoms with Crippen LogP contribution in [0.25, 0.3) is 11.7 Å². The van der Waals surface area contributed by atoms with E-state index in [1.165, 1.54) is 6.26 Å². The SMILES string of the molecule is OCCN(Cc1noc(-c2ccco2)n1)CC(F)(F)F. The molecule has 2 aromatic rings. The van der Waals surface area contributed by atoms with Gasteiger partial charge in [-0.15, -0.1) is 0 Å². The molecule has 0 unspecified atom stereocenters. The van der Waals surface area contributed by atoms with Crippen molar-refractivity contribution < 1.29 is 27.2 Å². The van der Waals surface area contributed by atoms with Gasteiger partial charge in [0.25, 0.3) is 5.89 Å². The highest BCUT2D eigenvalue weighted by molar-refractivity contribution is 5.42. The molecule has 1 N–H and O–H groups in total. The van der Waals surface area contributed by atoms with Crippen LogP contribution in [0, 0.1) is 0 Å². The van der Waals surface area contributed by atoms with Crippen LogP contribution in [0.5, 0.6) is 0 Å². The number of hydrogen-bond donors (Lipinski definition) is 1. The molecule has 0 aromatic carbocycles. The van der Waals surface area contributed by atoms with E-state index < -0.39 is 12.7 Å². The smallest absolute Gasteiger partial charge is 0.401 e. The summed E-state index contributed by atoms with van der Waals surface area (Å²) in [4.78, 5) is 4.93. The van der Waals surface area contributed by atoms with E-state index in [1.54, 1.807) is 12.1 Å². The highest BCUT2D eigenvalue weighted by atomic mass is 19.4. The summed E-state index contributed by atoms with van der Waals surface area (Å²) in [5.41, 5.74) is 0. The van der Waals surface area contributed by atoms with Gasteiger partial charge in [0.15, 0.2) is 11.6 Å². The highest BCUT2D eigenvalue weighted by Crippen LogP contribution is 2.20. The summed E-state index contributed by atoms with van der Waals surface area (Å²) < 4.78 is 47.0. The Kier molecular flexibility index (Phi) is 4.40. The second kappa shape index (κ2) is 6.06. The molecule has 0 fully saturated rings. The lowest BCUT2D eigenvalue weighted by atomic mass is 10.4.